The van der Waals surface area contributed by atoms with Gasteiger partial charge < -0.3 is 5.11 Å². The summed E-state index contributed by atoms with van der Waals surface area (Å²) in [5.41, 5.74) is 0. The number of carbonyl (C=O) groups is 3. The van der Waals surface area contributed by atoms with Crippen LogP contribution in [-0.2, 0) is 14.4 Å². The van der Waals surface area contributed by atoms with Crippen LogP contribution in [0.2, 0.25) is 0 Å². The van der Waals surface area contributed by atoms with Crippen molar-refractivity contribution in [2.24, 2.45) is 0 Å². The van der Waals surface area contributed by atoms with E-state index in [0.29, 0.717) is 0 Å². The minimum absolute atomic E-state index is 0.0568. The molecule has 114 valence electrons. The third kappa shape index (κ3) is 4.04. The van der Waals surface area contributed by atoms with Crippen molar-refractivity contribution in [3.63, 3.8) is 0 Å². The molecule has 2 rings (SSSR count). The van der Waals surface area contributed by atoms with Gasteiger partial charge in [-0.3, -0.25) is 19.4 Å². The minimum Gasteiger partial charge on any atom is -0.481 e. The highest BCUT2D eigenvalue weighted by molar-refractivity contribution is 8.77. The molecule has 2 atom stereocenters. The zero-order chi connectivity index (χ0) is 15.4. The maximum absolute atomic E-state index is 11.8. The van der Waals surface area contributed by atoms with E-state index >= 15 is 0 Å². The van der Waals surface area contributed by atoms with Crippen LogP contribution >= 0.6 is 21.6 Å². The van der Waals surface area contributed by atoms with Gasteiger partial charge in [-0.2, -0.15) is 5.01 Å². The summed E-state index contributed by atoms with van der Waals surface area (Å²) in [6.45, 7) is 1.84. The zero-order valence-electron chi connectivity index (χ0n) is 11.5. The number of amides is 2. The summed E-state index contributed by atoms with van der Waals surface area (Å²) in [5, 5.41) is 11.3. The summed E-state index contributed by atoms with van der Waals surface area (Å²) in [5.74, 6) is -1.24. The third-order valence-electron chi connectivity index (χ3n) is 2.92. The van der Waals surface area contributed by atoms with Gasteiger partial charge in [0.2, 0.25) is 11.8 Å². The first-order valence-electron chi connectivity index (χ1n) is 6.52. The number of allylic oxidation sites excluding steroid dienone is 2. The number of carbonyl (C=O) groups excluding carboxylic acids is 2. The first-order chi connectivity index (χ1) is 9.99. The molecule has 0 bridgehead atoms. The molecule has 2 aliphatic heterocycles. The molecule has 1 N–H and O–H groups in total. The van der Waals surface area contributed by atoms with Crippen LogP contribution in [0.15, 0.2) is 24.4 Å². The van der Waals surface area contributed by atoms with Gasteiger partial charge in [0.15, 0.2) is 0 Å². The van der Waals surface area contributed by atoms with Crippen molar-refractivity contribution in [2.75, 3.05) is 0 Å². The Morgan fingerprint density at radius 1 is 1.38 bits per heavy atom. The quantitative estimate of drug-likeness (QED) is 0.590. The molecule has 0 spiro atoms. The van der Waals surface area contributed by atoms with E-state index in [4.69, 9.17) is 5.11 Å². The standard InChI is InChI=1S/C13H16N2O4S2/c1-9(8-13(18)19)20-21-12-4-2-3-7-14(12)15-10(16)5-6-11(15)17/h2-4,7,9,12H,5-6,8H2,1H3,(H,18,19). The summed E-state index contributed by atoms with van der Waals surface area (Å²) in [6, 6.07) is 0. The molecule has 0 aromatic heterocycles. The van der Waals surface area contributed by atoms with Crippen molar-refractivity contribution in [3.05, 3.63) is 24.4 Å². The fraction of sp³-hybridized carbons (Fsp3) is 0.462. The molecule has 0 aromatic rings. The molecule has 2 aliphatic rings. The number of hydrogen-bond donors (Lipinski definition) is 1. The highest BCUT2D eigenvalue weighted by atomic mass is 33.1. The van der Waals surface area contributed by atoms with Gasteiger partial charge in [-0.25, -0.2) is 0 Å². The van der Waals surface area contributed by atoms with Gasteiger partial charge >= 0.3 is 5.97 Å². The van der Waals surface area contributed by atoms with Crippen LogP contribution < -0.4 is 0 Å². The molecule has 0 aromatic carbocycles. The molecule has 1 fully saturated rings. The molecule has 2 amide bonds. The first-order valence-corrected chi connectivity index (χ1v) is 8.79. The minimum atomic E-state index is -0.837. The van der Waals surface area contributed by atoms with Gasteiger partial charge in [-0.15, -0.1) is 0 Å². The fourth-order valence-corrected chi connectivity index (χ4v) is 4.47. The highest BCUT2D eigenvalue weighted by Gasteiger charge is 2.36. The molecule has 8 heteroatoms. The number of aliphatic carboxylic acids is 1. The Morgan fingerprint density at radius 3 is 2.67 bits per heavy atom. The van der Waals surface area contributed by atoms with E-state index < -0.39 is 5.97 Å². The van der Waals surface area contributed by atoms with Crippen LogP contribution in [0.5, 0.6) is 0 Å². The summed E-state index contributed by atoms with van der Waals surface area (Å²) in [6.07, 6.45) is 7.75. The second-order valence-corrected chi connectivity index (χ2v) is 7.52. The van der Waals surface area contributed by atoms with Gasteiger partial charge in [0.25, 0.3) is 0 Å². The summed E-state index contributed by atoms with van der Waals surface area (Å²) in [4.78, 5) is 34.3. The number of imide groups is 1. The lowest BCUT2D eigenvalue weighted by molar-refractivity contribution is -0.153. The Labute approximate surface area is 130 Å². The fourth-order valence-electron chi connectivity index (χ4n) is 1.98. The van der Waals surface area contributed by atoms with E-state index in [1.807, 2.05) is 19.1 Å². The van der Waals surface area contributed by atoms with Crippen LogP contribution in [0, 0.1) is 0 Å². The van der Waals surface area contributed by atoms with Crippen molar-refractivity contribution >= 4 is 39.4 Å². The third-order valence-corrected chi connectivity index (χ3v) is 6.01. The zero-order valence-corrected chi connectivity index (χ0v) is 13.1. The number of carboxylic acid groups (broad SMARTS) is 1. The highest BCUT2D eigenvalue weighted by Crippen LogP contribution is 2.37. The molecule has 2 unspecified atom stereocenters. The lowest BCUT2D eigenvalue weighted by Crippen LogP contribution is -2.47. The predicted octanol–water partition coefficient (Wildman–Crippen LogP) is 2.01. The number of nitrogens with zero attached hydrogens (tertiary/aromatic N) is 2. The lowest BCUT2D eigenvalue weighted by atomic mass is 10.3. The van der Waals surface area contributed by atoms with E-state index in [0.717, 1.165) is 0 Å². The van der Waals surface area contributed by atoms with Gasteiger partial charge in [-0.1, -0.05) is 34.6 Å². The summed E-state index contributed by atoms with van der Waals surface area (Å²) < 4.78 is 0. The Bertz CT molecular complexity index is 490. The second-order valence-electron chi connectivity index (χ2n) is 4.70. The molecule has 1 saturated heterocycles. The van der Waals surface area contributed by atoms with Crippen molar-refractivity contribution in [1.29, 1.82) is 0 Å². The molecular formula is C13H16N2O4S2. The summed E-state index contributed by atoms with van der Waals surface area (Å²) in [7, 11) is 2.88. The Balaban J connectivity index is 1.98. The van der Waals surface area contributed by atoms with Crippen molar-refractivity contribution < 1.29 is 19.5 Å². The summed E-state index contributed by atoms with van der Waals surface area (Å²) >= 11 is 0. The SMILES string of the molecule is CC(CC(=O)O)SSC1C=CC=CN1N1C(=O)CCC1=O. The lowest BCUT2D eigenvalue weighted by Gasteiger charge is -2.35. The monoisotopic (exact) mass is 328 g/mol. The predicted molar refractivity (Wildman–Crippen MR) is 81.9 cm³/mol. The smallest absolute Gasteiger partial charge is 0.304 e. The number of carboxylic acids is 1. The Kier molecular flexibility index (Phi) is 5.35. The number of hydrogen-bond acceptors (Lipinski definition) is 6. The van der Waals surface area contributed by atoms with E-state index in [1.54, 1.807) is 17.3 Å². The average molecular weight is 328 g/mol. The van der Waals surface area contributed by atoms with Gasteiger partial charge in [-0.05, 0) is 12.2 Å². The van der Waals surface area contributed by atoms with Crippen LogP contribution in [0.1, 0.15) is 26.2 Å². The van der Waals surface area contributed by atoms with Crippen molar-refractivity contribution in [2.45, 2.75) is 36.8 Å². The number of hydrazine groups is 1. The number of rotatable bonds is 6. The van der Waals surface area contributed by atoms with Gasteiger partial charge in [0.1, 0.15) is 5.37 Å². The normalized spacial score (nSPS) is 23.0. The van der Waals surface area contributed by atoms with E-state index in [2.05, 4.69) is 0 Å². The molecule has 0 radical (unpaired) electrons. The maximum atomic E-state index is 11.8. The maximum Gasteiger partial charge on any atom is 0.304 e. The molecular weight excluding hydrogens is 312 g/mol. The Morgan fingerprint density at radius 2 is 2.05 bits per heavy atom. The molecule has 2 heterocycles. The van der Waals surface area contributed by atoms with E-state index in [1.165, 1.54) is 26.6 Å². The Hall–Kier alpha value is -1.41. The second kappa shape index (κ2) is 7.04. The van der Waals surface area contributed by atoms with Gasteiger partial charge in [0.05, 0.1) is 6.42 Å². The van der Waals surface area contributed by atoms with Crippen LogP contribution in [-0.4, -0.2) is 43.5 Å². The molecule has 6 nitrogen and oxygen atoms in total. The van der Waals surface area contributed by atoms with Crippen LogP contribution in [0.3, 0.4) is 0 Å². The van der Waals surface area contributed by atoms with E-state index in [9.17, 15) is 14.4 Å². The van der Waals surface area contributed by atoms with Crippen molar-refractivity contribution in [3.8, 4) is 0 Å². The topological polar surface area (TPSA) is 77.9 Å². The van der Waals surface area contributed by atoms with Crippen LogP contribution in [0.25, 0.3) is 0 Å². The average Bonchev–Trinajstić information content (AvgIpc) is 2.75. The van der Waals surface area contributed by atoms with E-state index in [-0.39, 0.29) is 41.7 Å². The van der Waals surface area contributed by atoms with Gasteiger partial charge in [0, 0.05) is 24.3 Å². The molecule has 0 saturated carbocycles. The molecule has 21 heavy (non-hydrogen) atoms. The first kappa shape index (κ1) is 16.0. The van der Waals surface area contributed by atoms with Crippen LogP contribution in [0.4, 0.5) is 0 Å². The molecule has 0 aliphatic carbocycles. The largest absolute Gasteiger partial charge is 0.481 e. The van der Waals surface area contributed by atoms with Crippen molar-refractivity contribution in [1.82, 2.24) is 10.0 Å².